The molecule has 194 valence electrons. The molecule has 1 aromatic carbocycles. The molecule has 3 aromatic rings. The number of benzene rings is 1. The number of halogens is 4. The van der Waals surface area contributed by atoms with Crippen LogP contribution in [0.5, 0.6) is 0 Å². The minimum absolute atomic E-state index is 0.0241. The van der Waals surface area contributed by atoms with Gasteiger partial charge in [-0.05, 0) is 51.0 Å². The highest BCUT2D eigenvalue weighted by molar-refractivity contribution is 5.98. The van der Waals surface area contributed by atoms with Gasteiger partial charge in [0.1, 0.15) is 16.9 Å². The maximum Gasteiger partial charge on any atom is 0.433 e. The summed E-state index contributed by atoms with van der Waals surface area (Å²) in [5.41, 5.74) is 12.9. The molecule has 2 aromatic heterocycles. The molecule has 6 N–H and O–H groups in total. The van der Waals surface area contributed by atoms with Crippen molar-refractivity contribution < 1.29 is 22.4 Å². The first-order valence-electron chi connectivity index (χ1n) is 11.4. The van der Waals surface area contributed by atoms with Crippen LogP contribution < -0.4 is 22.2 Å². The average Bonchev–Trinajstić information content (AvgIpc) is 3.12. The van der Waals surface area contributed by atoms with Gasteiger partial charge in [0.25, 0.3) is 5.91 Å². The fourth-order valence-corrected chi connectivity index (χ4v) is 4.21. The van der Waals surface area contributed by atoms with Crippen molar-refractivity contribution in [1.82, 2.24) is 25.2 Å². The highest BCUT2D eigenvalue weighted by atomic mass is 19.4. The number of hydrogen-bond acceptors (Lipinski definition) is 7. The number of rotatable bonds is 6. The summed E-state index contributed by atoms with van der Waals surface area (Å²) in [5, 5.41) is 9.32. The van der Waals surface area contributed by atoms with E-state index in [-0.39, 0.29) is 35.2 Å². The van der Waals surface area contributed by atoms with E-state index < -0.39 is 23.4 Å². The maximum atomic E-state index is 13.9. The summed E-state index contributed by atoms with van der Waals surface area (Å²) in [6.45, 7) is 3.58. The normalized spacial score (nSPS) is 17.3. The van der Waals surface area contributed by atoms with Crippen LogP contribution in [0.1, 0.15) is 42.7 Å². The highest BCUT2D eigenvalue weighted by Crippen LogP contribution is 2.34. The standard InChI is InChI=1S/C23H28F4N8O/c1-22(2,24)12-35-11-16(20(29)32-35)21(36)33-34-7-3-4-14(10-34)30-18-9-19(23(25,26)27)31-17-6-5-13(28)8-15(17)18/h5-6,8-9,11,14H,3-4,7,10,12,28H2,1-2H3,(H2,29,32)(H,30,31)(H,33,36). The number of nitrogens with one attached hydrogen (secondary N) is 2. The van der Waals surface area contributed by atoms with E-state index in [2.05, 4.69) is 20.8 Å². The van der Waals surface area contributed by atoms with Crippen LogP contribution in [0.4, 0.5) is 34.8 Å². The molecule has 1 atom stereocenters. The van der Waals surface area contributed by atoms with E-state index in [0.29, 0.717) is 37.0 Å². The molecule has 0 aliphatic carbocycles. The monoisotopic (exact) mass is 508 g/mol. The van der Waals surface area contributed by atoms with E-state index >= 15 is 0 Å². The van der Waals surface area contributed by atoms with Gasteiger partial charge in [-0.1, -0.05) is 0 Å². The molecular formula is C23H28F4N8O. The van der Waals surface area contributed by atoms with Crippen molar-refractivity contribution in [3.8, 4) is 0 Å². The molecule has 13 heteroatoms. The third kappa shape index (κ3) is 5.96. The zero-order valence-corrected chi connectivity index (χ0v) is 19.9. The highest BCUT2D eigenvalue weighted by Gasteiger charge is 2.34. The molecule has 0 radical (unpaired) electrons. The summed E-state index contributed by atoms with van der Waals surface area (Å²) < 4.78 is 55.5. The van der Waals surface area contributed by atoms with Crippen LogP contribution >= 0.6 is 0 Å². The number of aromatic nitrogens is 3. The van der Waals surface area contributed by atoms with Crippen molar-refractivity contribution >= 4 is 34.0 Å². The largest absolute Gasteiger partial charge is 0.433 e. The van der Waals surface area contributed by atoms with Crippen molar-refractivity contribution in [3.63, 3.8) is 0 Å². The lowest BCUT2D eigenvalue weighted by Crippen LogP contribution is -2.51. The fourth-order valence-electron chi connectivity index (χ4n) is 4.21. The molecule has 1 fully saturated rings. The van der Waals surface area contributed by atoms with E-state index in [1.807, 2.05) is 0 Å². The van der Waals surface area contributed by atoms with E-state index in [1.165, 1.54) is 36.9 Å². The summed E-state index contributed by atoms with van der Waals surface area (Å²) in [6, 6.07) is 5.24. The summed E-state index contributed by atoms with van der Waals surface area (Å²) >= 11 is 0. The van der Waals surface area contributed by atoms with Gasteiger partial charge in [-0.15, -0.1) is 0 Å². The molecule has 0 saturated carbocycles. The van der Waals surface area contributed by atoms with Crippen LogP contribution in [0.3, 0.4) is 0 Å². The summed E-state index contributed by atoms with van der Waals surface area (Å²) in [4.78, 5) is 16.5. The van der Waals surface area contributed by atoms with Crippen molar-refractivity contribution in [2.24, 2.45) is 0 Å². The molecule has 1 unspecified atom stereocenters. The van der Waals surface area contributed by atoms with Crippen molar-refractivity contribution in [1.29, 1.82) is 0 Å². The van der Waals surface area contributed by atoms with Crippen molar-refractivity contribution in [3.05, 3.63) is 41.7 Å². The number of pyridine rings is 1. The number of piperidine rings is 1. The van der Waals surface area contributed by atoms with Gasteiger partial charge in [0, 0.05) is 42.1 Å². The molecule has 4 rings (SSSR count). The SMILES string of the molecule is CC(C)(F)Cn1cc(C(=O)NN2CCCC(Nc3cc(C(F)(F)F)nc4ccc(N)cc34)C2)c(N)n1. The zero-order valence-electron chi connectivity index (χ0n) is 19.9. The van der Waals surface area contributed by atoms with Gasteiger partial charge in [0.05, 0.1) is 12.1 Å². The van der Waals surface area contributed by atoms with E-state index in [9.17, 15) is 22.4 Å². The Labute approximate surface area is 204 Å². The first-order valence-corrected chi connectivity index (χ1v) is 11.4. The van der Waals surface area contributed by atoms with Crippen LogP contribution in [0.15, 0.2) is 30.5 Å². The van der Waals surface area contributed by atoms with Crippen LogP contribution in [0.2, 0.25) is 0 Å². The lowest BCUT2D eigenvalue weighted by Gasteiger charge is -2.34. The number of nitrogen functional groups attached to an aromatic ring is 2. The molecule has 3 heterocycles. The second kappa shape index (κ2) is 9.45. The van der Waals surface area contributed by atoms with Gasteiger partial charge in [-0.25, -0.2) is 14.4 Å². The van der Waals surface area contributed by atoms with Crippen molar-refractivity contribution in [2.45, 2.75) is 51.1 Å². The van der Waals surface area contributed by atoms with Crippen LogP contribution in [0, 0.1) is 0 Å². The van der Waals surface area contributed by atoms with E-state index in [4.69, 9.17) is 11.5 Å². The quantitative estimate of drug-likeness (QED) is 0.296. The van der Waals surface area contributed by atoms with Gasteiger partial charge in [0.2, 0.25) is 0 Å². The number of carbonyl (C=O) groups is 1. The Bertz CT molecular complexity index is 1270. The molecule has 1 saturated heterocycles. The topological polar surface area (TPSA) is 127 Å². The molecule has 1 aliphatic rings. The first-order chi connectivity index (χ1) is 16.8. The number of anilines is 3. The maximum absolute atomic E-state index is 13.9. The second-order valence-corrected chi connectivity index (χ2v) is 9.54. The Morgan fingerprint density at radius 2 is 1.94 bits per heavy atom. The molecule has 1 amide bonds. The minimum atomic E-state index is -4.61. The van der Waals surface area contributed by atoms with E-state index in [1.54, 1.807) is 11.1 Å². The average molecular weight is 509 g/mol. The Hall–Kier alpha value is -3.61. The molecule has 0 bridgehead atoms. The summed E-state index contributed by atoms with van der Waals surface area (Å²) in [5.74, 6) is -0.526. The lowest BCUT2D eigenvalue weighted by atomic mass is 10.0. The summed E-state index contributed by atoms with van der Waals surface area (Å²) in [6.07, 6.45) is -1.87. The minimum Gasteiger partial charge on any atom is -0.399 e. The Morgan fingerprint density at radius 3 is 2.64 bits per heavy atom. The smallest absolute Gasteiger partial charge is 0.399 e. The Morgan fingerprint density at radius 1 is 1.19 bits per heavy atom. The number of amides is 1. The number of carbonyl (C=O) groups excluding carboxylic acids is 1. The number of alkyl halides is 4. The predicted octanol–water partition coefficient (Wildman–Crippen LogP) is 3.58. The number of nitrogens with two attached hydrogens (primary N) is 2. The second-order valence-electron chi connectivity index (χ2n) is 9.54. The lowest BCUT2D eigenvalue weighted by molar-refractivity contribution is -0.140. The molecule has 9 nitrogen and oxygen atoms in total. The molecular weight excluding hydrogens is 480 g/mol. The number of nitrogens with zero attached hydrogens (tertiary/aromatic N) is 4. The van der Waals surface area contributed by atoms with Crippen LogP contribution in [-0.4, -0.2) is 50.5 Å². The van der Waals surface area contributed by atoms with Gasteiger partial charge >= 0.3 is 6.18 Å². The summed E-state index contributed by atoms with van der Waals surface area (Å²) in [7, 11) is 0. The number of hydrazine groups is 1. The third-order valence-electron chi connectivity index (χ3n) is 5.74. The Kier molecular flexibility index (Phi) is 6.69. The number of fused-ring (bicyclic) bond motifs is 1. The van der Waals surface area contributed by atoms with E-state index in [0.717, 1.165) is 6.07 Å². The van der Waals surface area contributed by atoms with Gasteiger partial charge in [-0.3, -0.25) is 14.9 Å². The Balaban J connectivity index is 1.49. The van der Waals surface area contributed by atoms with Gasteiger partial charge in [0.15, 0.2) is 5.82 Å². The predicted molar refractivity (Wildman–Crippen MR) is 129 cm³/mol. The number of hydrogen-bond donors (Lipinski definition) is 4. The van der Waals surface area contributed by atoms with Crippen LogP contribution in [-0.2, 0) is 12.7 Å². The van der Waals surface area contributed by atoms with Gasteiger partial charge < -0.3 is 16.8 Å². The fraction of sp³-hybridized carbons (Fsp3) is 0.435. The van der Waals surface area contributed by atoms with Crippen molar-refractivity contribution in [2.75, 3.05) is 29.9 Å². The third-order valence-corrected chi connectivity index (χ3v) is 5.74. The molecule has 0 spiro atoms. The first kappa shape index (κ1) is 25.5. The van der Waals surface area contributed by atoms with Crippen LogP contribution in [0.25, 0.3) is 10.9 Å². The van der Waals surface area contributed by atoms with Gasteiger partial charge in [-0.2, -0.15) is 18.3 Å². The molecule has 1 aliphatic heterocycles. The molecule has 36 heavy (non-hydrogen) atoms. The zero-order chi connectivity index (χ0) is 26.3.